The summed E-state index contributed by atoms with van der Waals surface area (Å²) in [6.45, 7) is 0.969. The number of para-hydroxylation sites is 1. The molecule has 0 saturated heterocycles. The molecule has 0 fully saturated rings. The second kappa shape index (κ2) is 9.00. The first-order valence-electron chi connectivity index (χ1n) is 9.49. The van der Waals surface area contributed by atoms with Crippen LogP contribution in [-0.2, 0) is 13.1 Å². The van der Waals surface area contributed by atoms with Crippen molar-refractivity contribution in [1.82, 2.24) is 20.1 Å². The van der Waals surface area contributed by atoms with Gasteiger partial charge in [0.25, 0.3) is 5.91 Å². The van der Waals surface area contributed by atoms with Gasteiger partial charge in [0.05, 0.1) is 17.8 Å². The molecule has 0 spiro atoms. The first kappa shape index (κ1) is 19.3. The summed E-state index contributed by atoms with van der Waals surface area (Å²) in [6, 6.07) is 19.3. The number of nitrogens with zero attached hydrogens (tertiary/aromatic N) is 3. The van der Waals surface area contributed by atoms with Crippen molar-refractivity contribution in [3.63, 3.8) is 0 Å². The van der Waals surface area contributed by atoms with Gasteiger partial charge in [0.2, 0.25) is 0 Å². The molecule has 0 aliphatic heterocycles. The van der Waals surface area contributed by atoms with Gasteiger partial charge in [-0.1, -0.05) is 36.4 Å². The van der Waals surface area contributed by atoms with E-state index >= 15 is 0 Å². The van der Waals surface area contributed by atoms with Crippen molar-refractivity contribution >= 4 is 17.4 Å². The smallest absolute Gasteiger partial charge is 0.255 e. The van der Waals surface area contributed by atoms with Crippen LogP contribution in [0.1, 0.15) is 21.5 Å². The lowest BCUT2D eigenvalue weighted by Gasteiger charge is -2.13. The summed E-state index contributed by atoms with van der Waals surface area (Å²) in [5, 5.41) is 10.1. The maximum Gasteiger partial charge on any atom is 0.255 e. The van der Waals surface area contributed by atoms with Crippen molar-refractivity contribution < 1.29 is 9.18 Å². The van der Waals surface area contributed by atoms with E-state index in [4.69, 9.17) is 0 Å². The van der Waals surface area contributed by atoms with Crippen molar-refractivity contribution in [2.45, 2.75) is 13.1 Å². The fraction of sp³-hybridized carbons (Fsp3) is 0.0870. The van der Waals surface area contributed by atoms with Gasteiger partial charge in [0.1, 0.15) is 11.6 Å². The second-order valence-electron chi connectivity index (χ2n) is 6.66. The van der Waals surface area contributed by atoms with E-state index in [0.29, 0.717) is 24.5 Å². The first-order valence-corrected chi connectivity index (χ1v) is 9.49. The Morgan fingerprint density at radius 1 is 0.933 bits per heavy atom. The number of pyridine rings is 1. The van der Waals surface area contributed by atoms with E-state index in [0.717, 1.165) is 11.1 Å². The standard InChI is InChI=1S/C23H20FN5O/c24-20-10-3-4-11-21(20)28-22-19(9-5-12-25-22)23(30)26-15-17-7-1-2-8-18(17)16-29-14-6-13-27-29/h1-14H,15-16H2,(H,25,28)(H,26,30). The first-order chi connectivity index (χ1) is 14.7. The number of halogens is 1. The summed E-state index contributed by atoms with van der Waals surface area (Å²) in [7, 11) is 0. The largest absolute Gasteiger partial charge is 0.348 e. The van der Waals surface area contributed by atoms with Gasteiger partial charge >= 0.3 is 0 Å². The van der Waals surface area contributed by atoms with Crippen molar-refractivity contribution in [1.29, 1.82) is 0 Å². The Morgan fingerprint density at radius 3 is 2.53 bits per heavy atom. The van der Waals surface area contributed by atoms with E-state index in [1.54, 1.807) is 42.7 Å². The lowest BCUT2D eigenvalue weighted by Crippen LogP contribution is -2.24. The lowest BCUT2D eigenvalue weighted by molar-refractivity contribution is 0.0951. The van der Waals surface area contributed by atoms with E-state index in [1.807, 2.05) is 41.2 Å². The number of anilines is 2. The molecule has 4 aromatic rings. The predicted octanol–water partition coefficient (Wildman–Crippen LogP) is 4.14. The molecule has 2 heterocycles. The zero-order valence-corrected chi connectivity index (χ0v) is 16.1. The summed E-state index contributed by atoms with van der Waals surface area (Å²) in [5.41, 5.74) is 2.66. The molecule has 1 amide bonds. The molecule has 7 heteroatoms. The molecule has 4 rings (SSSR count). The Morgan fingerprint density at radius 2 is 1.73 bits per heavy atom. The van der Waals surface area contributed by atoms with Crippen LogP contribution in [0.4, 0.5) is 15.9 Å². The highest BCUT2D eigenvalue weighted by Gasteiger charge is 2.14. The van der Waals surface area contributed by atoms with Gasteiger partial charge in [-0.3, -0.25) is 9.48 Å². The number of hydrogen-bond acceptors (Lipinski definition) is 4. The van der Waals surface area contributed by atoms with E-state index in [9.17, 15) is 9.18 Å². The second-order valence-corrected chi connectivity index (χ2v) is 6.66. The average molecular weight is 401 g/mol. The molecule has 0 saturated carbocycles. The highest BCUT2D eigenvalue weighted by atomic mass is 19.1. The van der Waals surface area contributed by atoms with Gasteiger partial charge in [-0.15, -0.1) is 0 Å². The number of nitrogens with one attached hydrogen (secondary N) is 2. The van der Waals surface area contributed by atoms with Crippen LogP contribution in [0.25, 0.3) is 0 Å². The highest BCUT2D eigenvalue weighted by molar-refractivity contribution is 5.99. The Bertz CT molecular complexity index is 1140. The molecule has 30 heavy (non-hydrogen) atoms. The number of carbonyl (C=O) groups excluding carboxylic acids is 1. The minimum Gasteiger partial charge on any atom is -0.348 e. The van der Waals surface area contributed by atoms with Crippen molar-refractivity contribution in [3.8, 4) is 0 Å². The third kappa shape index (κ3) is 4.52. The minimum absolute atomic E-state index is 0.259. The van der Waals surface area contributed by atoms with Crippen LogP contribution in [-0.4, -0.2) is 20.7 Å². The van der Waals surface area contributed by atoms with Gasteiger partial charge in [-0.05, 0) is 41.5 Å². The molecular formula is C23H20FN5O. The van der Waals surface area contributed by atoms with Crippen LogP contribution in [0.3, 0.4) is 0 Å². The van der Waals surface area contributed by atoms with E-state index < -0.39 is 5.82 Å². The van der Waals surface area contributed by atoms with Crippen LogP contribution in [0.2, 0.25) is 0 Å². The lowest BCUT2D eigenvalue weighted by atomic mass is 10.1. The number of hydrogen-bond donors (Lipinski definition) is 2. The molecule has 0 radical (unpaired) electrons. The SMILES string of the molecule is O=C(NCc1ccccc1Cn1cccn1)c1cccnc1Nc1ccccc1F. The Hall–Kier alpha value is -4.00. The fourth-order valence-electron chi connectivity index (χ4n) is 3.10. The predicted molar refractivity (Wildman–Crippen MR) is 113 cm³/mol. The minimum atomic E-state index is -0.415. The topological polar surface area (TPSA) is 71.8 Å². The zero-order chi connectivity index (χ0) is 20.8. The zero-order valence-electron chi connectivity index (χ0n) is 16.1. The third-order valence-corrected chi connectivity index (χ3v) is 4.63. The molecule has 0 bridgehead atoms. The van der Waals surface area contributed by atoms with Crippen molar-refractivity contribution in [3.05, 3.63) is 108 Å². The molecule has 6 nitrogen and oxygen atoms in total. The van der Waals surface area contributed by atoms with Crippen molar-refractivity contribution in [2.24, 2.45) is 0 Å². The summed E-state index contributed by atoms with van der Waals surface area (Å²) >= 11 is 0. The van der Waals surface area contributed by atoms with Crippen LogP contribution in [0.15, 0.2) is 85.3 Å². The maximum atomic E-state index is 14.0. The molecule has 0 atom stereocenters. The van der Waals surface area contributed by atoms with Crippen LogP contribution < -0.4 is 10.6 Å². The fourth-order valence-corrected chi connectivity index (χ4v) is 3.10. The number of amides is 1. The molecule has 2 N–H and O–H groups in total. The van der Waals surface area contributed by atoms with Gasteiger partial charge < -0.3 is 10.6 Å². The molecule has 150 valence electrons. The van der Waals surface area contributed by atoms with Crippen molar-refractivity contribution in [2.75, 3.05) is 5.32 Å². The monoisotopic (exact) mass is 401 g/mol. The van der Waals surface area contributed by atoms with Gasteiger partial charge in [-0.2, -0.15) is 5.10 Å². The Labute approximate surface area is 173 Å². The Kier molecular flexibility index (Phi) is 5.80. The van der Waals surface area contributed by atoms with E-state index in [1.165, 1.54) is 6.07 Å². The molecule has 0 aliphatic carbocycles. The van der Waals surface area contributed by atoms with E-state index in [2.05, 4.69) is 20.7 Å². The molecule has 2 aromatic heterocycles. The summed E-state index contributed by atoms with van der Waals surface area (Å²) in [6.07, 6.45) is 5.18. The summed E-state index contributed by atoms with van der Waals surface area (Å²) in [4.78, 5) is 17.0. The van der Waals surface area contributed by atoms with E-state index in [-0.39, 0.29) is 11.6 Å². The average Bonchev–Trinajstić information content (AvgIpc) is 3.28. The number of rotatable bonds is 7. The Balaban J connectivity index is 1.49. The van der Waals surface area contributed by atoms with Gasteiger partial charge in [-0.25, -0.2) is 9.37 Å². The normalized spacial score (nSPS) is 10.6. The number of carbonyl (C=O) groups is 1. The molecule has 0 unspecified atom stereocenters. The van der Waals surface area contributed by atoms with Crippen LogP contribution >= 0.6 is 0 Å². The molecule has 0 aliphatic rings. The quantitative estimate of drug-likeness (QED) is 0.488. The number of aromatic nitrogens is 3. The molecule has 2 aromatic carbocycles. The summed E-state index contributed by atoms with van der Waals surface area (Å²) in [5.74, 6) is -0.414. The summed E-state index contributed by atoms with van der Waals surface area (Å²) < 4.78 is 15.8. The van der Waals surface area contributed by atoms with Gasteiger partial charge in [0, 0.05) is 25.1 Å². The number of benzene rings is 2. The van der Waals surface area contributed by atoms with Crippen LogP contribution in [0, 0.1) is 5.82 Å². The maximum absolute atomic E-state index is 14.0. The highest BCUT2D eigenvalue weighted by Crippen LogP contribution is 2.21. The molecular weight excluding hydrogens is 381 g/mol. The van der Waals surface area contributed by atoms with Gasteiger partial charge in [0.15, 0.2) is 0 Å². The third-order valence-electron chi connectivity index (χ3n) is 4.63. The van der Waals surface area contributed by atoms with Crippen LogP contribution in [0.5, 0.6) is 0 Å².